The predicted molar refractivity (Wildman–Crippen MR) is 269 cm³/mol. The second-order valence-corrected chi connectivity index (χ2v) is 17.1. The molecule has 0 saturated heterocycles. The third-order valence-electron chi connectivity index (χ3n) is 13.2. The van der Waals surface area contributed by atoms with E-state index in [2.05, 4.69) is 183 Å². The Bertz CT molecular complexity index is 3520. The lowest BCUT2D eigenvalue weighted by Crippen LogP contribution is -2.10. The Morgan fingerprint density at radius 3 is 1.29 bits per heavy atom. The minimum atomic E-state index is -0.279. The van der Waals surface area contributed by atoms with E-state index in [0.717, 1.165) is 85.6 Å². The van der Waals surface area contributed by atoms with Crippen molar-refractivity contribution in [2.45, 2.75) is 25.7 Å². The molecule has 0 fully saturated rings. The van der Waals surface area contributed by atoms with Gasteiger partial charge < -0.3 is 18.9 Å². The summed E-state index contributed by atoms with van der Waals surface area (Å²) in [7, 11) is 0. The predicted octanol–water partition coefficient (Wildman–Crippen LogP) is 16.5. The van der Waals surface area contributed by atoms with Crippen molar-refractivity contribution in [2.24, 2.45) is 0 Å². The molecule has 11 aromatic rings. The summed E-state index contributed by atoms with van der Waals surface area (Å²) in [5, 5.41) is 3.56. The van der Waals surface area contributed by atoms with Gasteiger partial charge in [0.25, 0.3) is 0 Å². The highest BCUT2D eigenvalue weighted by Gasteiger charge is 2.23. The van der Waals surface area contributed by atoms with Gasteiger partial charge in [0.15, 0.2) is 0 Å². The summed E-state index contributed by atoms with van der Waals surface area (Å²) in [6, 6.07) is 73.6. The summed E-state index contributed by atoms with van der Waals surface area (Å²) in [5.41, 5.74) is 16.4. The van der Waals surface area contributed by atoms with E-state index in [4.69, 9.17) is 0 Å². The van der Waals surface area contributed by atoms with Gasteiger partial charge in [-0.05, 0) is 182 Å². The van der Waals surface area contributed by atoms with Crippen LogP contribution in [-0.4, -0.2) is 9.13 Å². The van der Waals surface area contributed by atoms with Crippen LogP contribution in [0.5, 0.6) is 0 Å². The number of aryl methyl sites for hydroxylation is 1. The van der Waals surface area contributed by atoms with Crippen molar-refractivity contribution in [3.05, 3.63) is 241 Å². The highest BCUT2D eigenvalue weighted by Crippen LogP contribution is 2.43. The molecular formula is C60H44F2N4. The van der Waals surface area contributed by atoms with E-state index in [1.165, 1.54) is 65.0 Å². The van der Waals surface area contributed by atoms with Crippen LogP contribution in [0.4, 0.5) is 42.9 Å². The highest BCUT2D eigenvalue weighted by atomic mass is 19.1. The third-order valence-corrected chi connectivity index (χ3v) is 13.2. The summed E-state index contributed by atoms with van der Waals surface area (Å²) in [6.45, 7) is 0. The average Bonchev–Trinajstić information content (AvgIpc) is 3.89. The van der Waals surface area contributed by atoms with Crippen molar-refractivity contribution in [1.29, 1.82) is 0 Å². The summed E-state index contributed by atoms with van der Waals surface area (Å²) in [4.78, 5) is 4.40. The summed E-state index contributed by atoms with van der Waals surface area (Å²) >= 11 is 0. The van der Waals surface area contributed by atoms with Gasteiger partial charge in [-0.3, -0.25) is 0 Å². The molecule has 0 N–H and O–H groups in total. The molecule has 66 heavy (non-hydrogen) atoms. The van der Waals surface area contributed by atoms with Crippen molar-refractivity contribution in [1.82, 2.24) is 9.13 Å². The molecule has 0 atom stereocenters. The molecule has 0 saturated carbocycles. The molecule has 318 valence electrons. The Morgan fingerprint density at radius 1 is 0.333 bits per heavy atom. The van der Waals surface area contributed by atoms with Gasteiger partial charge in [-0.1, -0.05) is 78.9 Å². The third kappa shape index (κ3) is 6.90. The first-order valence-electron chi connectivity index (χ1n) is 22.7. The van der Waals surface area contributed by atoms with Gasteiger partial charge in [-0.15, -0.1) is 0 Å². The number of hydrogen-bond donors (Lipinski definition) is 0. The number of rotatable bonds is 9. The second-order valence-electron chi connectivity index (χ2n) is 17.1. The molecule has 0 radical (unpaired) electrons. The second kappa shape index (κ2) is 16.4. The molecule has 2 aromatic heterocycles. The van der Waals surface area contributed by atoms with Crippen LogP contribution < -0.4 is 9.80 Å². The van der Waals surface area contributed by atoms with Gasteiger partial charge in [0.05, 0.1) is 16.6 Å². The zero-order chi connectivity index (χ0) is 44.1. The molecular weight excluding hydrogens is 815 g/mol. The van der Waals surface area contributed by atoms with E-state index in [9.17, 15) is 8.78 Å². The van der Waals surface area contributed by atoms with Gasteiger partial charge in [0.2, 0.25) is 0 Å². The number of aromatic nitrogens is 2. The van der Waals surface area contributed by atoms with E-state index < -0.39 is 0 Å². The number of benzene rings is 9. The molecule has 0 unspecified atom stereocenters. The Kier molecular flexibility index (Phi) is 9.79. The van der Waals surface area contributed by atoms with Crippen LogP contribution in [-0.2, 0) is 12.8 Å². The molecule has 0 amide bonds. The SMILES string of the molecule is Fc1ccc(N(c2ccc(-c3ccc(N(c4ccc(F)cc4)c4ccc5c(c4)c4ccccc4n5-c4ccccc4)cc3)cc2)c2ccc3c(c2)c2c(n3-c3ccccc3)CCCC2)cc1. The molecule has 0 aliphatic heterocycles. The molecule has 0 spiro atoms. The minimum absolute atomic E-state index is 0.267. The Morgan fingerprint density at radius 2 is 0.742 bits per heavy atom. The van der Waals surface area contributed by atoms with Crippen molar-refractivity contribution in [3.63, 3.8) is 0 Å². The zero-order valence-electron chi connectivity index (χ0n) is 36.2. The van der Waals surface area contributed by atoms with E-state index >= 15 is 0 Å². The van der Waals surface area contributed by atoms with Gasteiger partial charge in [0.1, 0.15) is 11.6 Å². The van der Waals surface area contributed by atoms with Gasteiger partial charge in [0, 0.05) is 67.4 Å². The molecule has 12 rings (SSSR count). The fraction of sp³-hybridized carbons (Fsp3) is 0.0667. The van der Waals surface area contributed by atoms with Crippen LogP contribution in [0.3, 0.4) is 0 Å². The summed E-state index contributed by atoms with van der Waals surface area (Å²) in [6.07, 6.45) is 4.47. The molecule has 1 aliphatic rings. The maximum Gasteiger partial charge on any atom is 0.123 e. The number of nitrogens with zero attached hydrogens (tertiary/aromatic N) is 4. The van der Waals surface area contributed by atoms with Crippen molar-refractivity contribution < 1.29 is 8.78 Å². The maximum atomic E-state index is 14.4. The number of hydrogen-bond acceptors (Lipinski definition) is 2. The van der Waals surface area contributed by atoms with Crippen LogP contribution in [0.1, 0.15) is 24.1 Å². The maximum absolute atomic E-state index is 14.4. The monoisotopic (exact) mass is 858 g/mol. The van der Waals surface area contributed by atoms with Crippen LogP contribution in [0.25, 0.3) is 55.2 Å². The fourth-order valence-electron chi connectivity index (χ4n) is 10.2. The molecule has 1 aliphatic carbocycles. The van der Waals surface area contributed by atoms with Gasteiger partial charge >= 0.3 is 0 Å². The van der Waals surface area contributed by atoms with Crippen LogP contribution in [0.15, 0.2) is 218 Å². The lowest BCUT2D eigenvalue weighted by atomic mass is 9.95. The number of halogens is 2. The fourth-order valence-corrected chi connectivity index (χ4v) is 10.2. The molecule has 6 heteroatoms. The van der Waals surface area contributed by atoms with Crippen LogP contribution in [0.2, 0.25) is 0 Å². The van der Waals surface area contributed by atoms with Crippen molar-refractivity contribution in [3.8, 4) is 22.5 Å². The summed E-state index contributed by atoms with van der Waals surface area (Å²) in [5.74, 6) is -0.547. The Hall–Kier alpha value is -8.22. The molecule has 2 heterocycles. The van der Waals surface area contributed by atoms with E-state index in [-0.39, 0.29) is 11.6 Å². The van der Waals surface area contributed by atoms with E-state index in [1.54, 1.807) is 0 Å². The molecule has 4 nitrogen and oxygen atoms in total. The Labute approximate surface area is 382 Å². The number of anilines is 6. The molecule has 9 aromatic carbocycles. The smallest absolute Gasteiger partial charge is 0.123 e. The van der Waals surface area contributed by atoms with Gasteiger partial charge in [-0.2, -0.15) is 0 Å². The summed E-state index contributed by atoms with van der Waals surface area (Å²) < 4.78 is 33.5. The quantitative estimate of drug-likeness (QED) is 0.144. The number of fused-ring (bicyclic) bond motifs is 6. The average molecular weight is 859 g/mol. The minimum Gasteiger partial charge on any atom is -0.313 e. The topological polar surface area (TPSA) is 16.3 Å². The van der Waals surface area contributed by atoms with Gasteiger partial charge in [-0.25, -0.2) is 8.78 Å². The standard InChI is InChI=1S/C60H44F2N4/c61-43-23-31-49(32-24-43)63(51-35-37-59-55(39-51)53-15-7-9-17-57(53)65(59)45-11-3-1-4-12-45)47-27-19-41(20-28-47)42-21-29-48(30-22-42)64(50-33-25-44(62)26-34-50)52-36-38-60-56(40-52)54-16-8-10-18-58(54)66(60)46-13-5-2-6-14-46/h1-7,9,11-15,17,19-40H,8,10,16,18H2. The first kappa shape index (κ1) is 39.4. The van der Waals surface area contributed by atoms with E-state index in [1.807, 2.05) is 30.3 Å². The lowest BCUT2D eigenvalue weighted by Gasteiger charge is -2.26. The highest BCUT2D eigenvalue weighted by molar-refractivity contribution is 6.10. The van der Waals surface area contributed by atoms with E-state index in [0.29, 0.717) is 0 Å². The zero-order valence-corrected chi connectivity index (χ0v) is 36.2. The van der Waals surface area contributed by atoms with Crippen molar-refractivity contribution >= 4 is 66.8 Å². The first-order valence-corrected chi connectivity index (χ1v) is 22.7. The first-order chi connectivity index (χ1) is 32.6. The number of para-hydroxylation sites is 3. The van der Waals surface area contributed by atoms with Crippen molar-refractivity contribution in [2.75, 3.05) is 9.80 Å². The largest absolute Gasteiger partial charge is 0.313 e. The van der Waals surface area contributed by atoms with Crippen LogP contribution in [0, 0.1) is 11.6 Å². The Balaban J connectivity index is 0.905. The molecule has 0 bridgehead atoms. The lowest BCUT2D eigenvalue weighted by molar-refractivity contribution is 0.627. The van der Waals surface area contributed by atoms with Crippen LogP contribution >= 0.6 is 0 Å². The normalized spacial score (nSPS) is 12.5.